The molecule has 0 fully saturated rings. The van der Waals surface area contributed by atoms with Gasteiger partial charge in [0, 0.05) is 6.23 Å². The fourth-order valence-corrected chi connectivity index (χ4v) is 4.56. The van der Waals surface area contributed by atoms with E-state index in [0.717, 1.165) is 5.75 Å². The molecule has 0 aromatic carbocycles. The van der Waals surface area contributed by atoms with Gasteiger partial charge < -0.3 is 5.11 Å². The van der Waals surface area contributed by atoms with Crippen molar-refractivity contribution in [3.63, 3.8) is 0 Å². The zero-order valence-electron chi connectivity index (χ0n) is 7.64. The predicted molar refractivity (Wildman–Crippen MR) is 57.1 cm³/mol. The van der Waals surface area contributed by atoms with Gasteiger partial charge in [0.15, 0.2) is 0 Å². The van der Waals surface area contributed by atoms with Crippen molar-refractivity contribution in [2.24, 2.45) is 0 Å². The van der Waals surface area contributed by atoms with Gasteiger partial charge in [-0.3, -0.25) is 0 Å². The smallest absolute Gasteiger partial charge is 0.0828 e. The summed E-state index contributed by atoms with van der Waals surface area (Å²) >= 11 is 4.19. The van der Waals surface area contributed by atoms with Crippen LogP contribution in [0.15, 0.2) is 0 Å². The highest BCUT2D eigenvalue weighted by Crippen LogP contribution is 2.21. The van der Waals surface area contributed by atoms with Gasteiger partial charge in [-0.2, -0.15) is 12.6 Å². The van der Waals surface area contributed by atoms with Gasteiger partial charge in [-0.05, 0) is 12.2 Å². The van der Waals surface area contributed by atoms with Crippen molar-refractivity contribution in [2.45, 2.75) is 38.4 Å². The maximum atomic E-state index is 9.24. The van der Waals surface area contributed by atoms with E-state index < -0.39 is 8.07 Å². The van der Waals surface area contributed by atoms with Crippen molar-refractivity contribution in [3.8, 4) is 0 Å². The number of aliphatic hydroxyl groups is 1. The minimum atomic E-state index is -1.23. The second-order valence-electron chi connectivity index (χ2n) is 3.19. The molecule has 0 heterocycles. The maximum Gasteiger partial charge on any atom is 0.0828 e. The average Bonchev–Trinajstić information content (AvgIpc) is 2.08. The Balaban J connectivity index is 3.84. The van der Waals surface area contributed by atoms with Gasteiger partial charge in [0.1, 0.15) is 0 Å². The molecule has 11 heavy (non-hydrogen) atoms. The third kappa shape index (κ3) is 3.63. The lowest BCUT2D eigenvalue weighted by Crippen LogP contribution is -2.37. The highest BCUT2D eigenvalue weighted by atomic mass is 32.1. The van der Waals surface area contributed by atoms with Gasteiger partial charge in [-0.25, -0.2) is 0 Å². The van der Waals surface area contributed by atoms with Gasteiger partial charge >= 0.3 is 0 Å². The molecule has 0 saturated heterocycles. The maximum absolute atomic E-state index is 9.24. The number of rotatable bonds is 6. The van der Waals surface area contributed by atoms with Crippen LogP contribution in [0.2, 0.25) is 18.1 Å². The standard InChI is InChI=1S/C8H20OSSi/c1-3-11(4-2,8-9)7-5-6-10/h9-10H,3-8H2,1-2H3. The molecule has 0 aromatic heterocycles. The summed E-state index contributed by atoms with van der Waals surface area (Å²) in [6, 6.07) is 3.68. The molecule has 0 amide bonds. The Bertz CT molecular complexity index is 85.8. The van der Waals surface area contributed by atoms with Gasteiger partial charge in [-0.15, -0.1) is 0 Å². The van der Waals surface area contributed by atoms with Crippen LogP contribution in [0.1, 0.15) is 20.3 Å². The second kappa shape index (κ2) is 6.09. The van der Waals surface area contributed by atoms with E-state index in [1.54, 1.807) is 0 Å². The summed E-state index contributed by atoms with van der Waals surface area (Å²) < 4.78 is 0. The lowest BCUT2D eigenvalue weighted by Gasteiger charge is -2.26. The second-order valence-corrected chi connectivity index (χ2v) is 8.87. The van der Waals surface area contributed by atoms with E-state index in [9.17, 15) is 5.11 Å². The molecule has 0 aliphatic carbocycles. The van der Waals surface area contributed by atoms with E-state index in [4.69, 9.17) is 0 Å². The monoisotopic (exact) mass is 192 g/mol. The van der Waals surface area contributed by atoms with Crippen molar-refractivity contribution >= 4 is 20.7 Å². The van der Waals surface area contributed by atoms with E-state index in [1.165, 1.54) is 24.6 Å². The van der Waals surface area contributed by atoms with Crippen LogP contribution in [0.5, 0.6) is 0 Å². The Morgan fingerprint density at radius 2 is 1.82 bits per heavy atom. The number of hydrogen-bond acceptors (Lipinski definition) is 2. The van der Waals surface area contributed by atoms with Crippen LogP contribution in [-0.2, 0) is 0 Å². The van der Waals surface area contributed by atoms with Gasteiger partial charge in [-0.1, -0.05) is 32.0 Å². The molecular formula is C8H20OSSi. The molecule has 68 valence electrons. The summed E-state index contributed by atoms with van der Waals surface area (Å²) in [6.45, 7) is 4.43. The summed E-state index contributed by atoms with van der Waals surface area (Å²) in [5, 5.41) is 9.24. The van der Waals surface area contributed by atoms with Gasteiger partial charge in [0.25, 0.3) is 0 Å². The van der Waals surface area contributed by atoms with Crippen LogP contribution in [0, 0.1) is 0 Å². The Kier molecular flexibility index (Phi) is 6.38. The topological polar surface area (TPSA) is 20.2 Å². The van der Waals surface area contributed by atoms with Crippen molar-refractivity contribution in [1.29, 1.82) is 0 Å². The summed E-state index contributed by atoms with van der Waals surface area (Å²) in [5.41, 5.74) is 0. The summed E-state index contributed by atoms with van der Waals surface area (Å²) in [4.78, 5) is 0. The largest absolute Gasteiger partial charge is 0.400 e. The SMILES string of the molecule is CC[Si](CC)(CO)CCCS. The fourth-order valence-electron chi connectivity index (χ4n) is 1.36. The molecule has 0 spiro atoms. The molecule has 0 atom stereocenters. The van der Waals surface area contributed by atoms with Gasteiger partial charge in [0.2, 0.25) is 0 Å². The van der Waals surface area contributed by atoms with Crippen LogP contribution in [0.3, 0.4) is 0 Å². The number of hydrogen-bond donors (Lipinski definition) is 2. The van der Waals surface area contributed by atoms with Crippen LogP contribution < -0.4 is 0 Å². The molecule has 0 bridgehead atoms. The van der Waals surface area contributed by atoms with Crippen LogP contribution in [0.4, 0.5) is 0 Å². The molecule has 1 nitrogen and oxygen atoms in total. The quantitative estimate of drug-likeness (QED) is 0.489. The normalized spacial score (nSPS) is 12.0. The van der Waals surface area contributed by atoms with Crippen molar-refractivity contribution in [2.75, 3.05) is 12.0 Å². The average molecular weight is 192 g/mol. The van der Waals surface area contributed by atoms with E-state index in [1.807, 2.05) is 0 Å². The molecule has 0 aliphatic heterocycles. The van der Waals surface area contributed by atoms with Crippen molar-refractivity contribution in [1.82, 2.24) is 0 Å². The first-order chi connectivity index (χ1) is 5.24. The minimum Gasteiger partial charge on any atom is -0.400 e. The summed E-state index contributed by atoms with van der Waals surface area (Å²) in [5.74, 6) is 0.967. The first kappa shape index (κ1) is 11.5. The molecule has 0 aromatic rings. The van der Waals surface area contributed by atoms with Crippen LogP contribution >= 0.6 is 12.6 Å². The Labute approximate surface area is 76.6 Å². The van der Waals surface area contributed by atoms with Crippen molar-refractivity contribution in [3.05, 3.63) is 0 Å². The third-order valence-corrected chi connectivity index (χ3v) is 8.10. The Morgan fingerprint density at radius 3 is 2.09 bits per heavy atom. The third-order valence-electron chi connectivity index (χ3n) is 2.70. The van der Waals surface area contributed by atoms with Gasteiger partial charge in [0.05, 0.1) is 8.07 Å². The minimum absolute atomic E-state index is 0.466. The van der Waals surface area contributed by atoms with E-state index >= 15 is 0 Å². The molecule has 0 rings (SSSR count). The lowest BCUT2D eigenvalue weighted by molar-refractivity contribution is 0.355. The first-order valence-corrected chi connectivity index (χ1v) is 7.92. The molecule has 0 saturated carbocycles. The zero-order chi connectivity index (χ0) is 8.74. The van der Waals surface area contributed by atoms with E-state index in [2.05, 4.69) is 26.5 Å². The Hall–Kier alpha value is 0.527. The highest BCUT2D eigenvalue weighted by molar-refractivity contribution is 7.80. The predicted octanol–water partition coefficient (Wildman–Crippen LogP) is 2.33. The lowest BCUT2D eigenvalue weighted by atomic mass is 10.6. The molecule has 0 radical (unpaired) electrons. The molecule has 0 aliphatic rings. The summed E-state index contributed by atoms with van der Waals surface area (Å²) in [6.07, 6.45) is 1.64. The highest BCUT2D eigenvalue weighted by Gasteiger charge is 2.26. The van der Waals surface area contributed by atoms with Crippen LogP contribution in [-0.4, -0.2) is 25.2 Å². The summed E-state index contributed by atoms with van der Waals surface area (Å²) in [7, 11) is -1.23. The van der Waals surface area contributed by atoms with E-state index in [-0.39, 0.29) is 0 Å². The molecule has 1 N–H and O–H groups in total. The number of aliphatic hydroxyl groups excluding tert-OH is 1. The molecule has 0 unspecified atom stereocenters. The Morgan fingerprint density at radius 1 is 1.27 bits per heavy atom. The van der Waals surface area contributed by atoms with Crippen molar-refractivity contribution < 1.29 is 5.11 Å². The van der Waals surface area contributed by atoms with E-state index in [0.29, 0.717) is 6.23 Å². The van der Waals surface area contributed by atoms with Crippen LogP contribution in [0.25, 0.3) is 0 Å². The zero-order valence-corrected chi connectivity index (χ0v) is 9.53. The first-order valence-electron chi connectivity index (χ1n) is 4.46. The fraction of sp³-hybridized carbons (Fsp3) is 1.00. The molecule has 3 heteroatoms. The molecular weight excluding hydrogens is 172 g/mol. The number of thiol groups is 1.